The van der Waals surface area contributed by atoms with E-state index in [9.17, 15) is 9.59 Å². The zero-order valence-electron chi connectivity index (χ0n) is 8.09. The number of allylic oxidation sites excluding steroid dienone is 2. The normalized spacial score (nSPS) is 11.2. The number of nitrogens with one attached hydrogen (secondary N) is 1. The molecule has 4 nitrogen and oxygen atoms in total. The van der Waals surface area contributed by atoms with Gasteiger partial charge in [-0.05, 0) is 32.3 Å². The Bertz CT molecular complexity index is 222. The first-order valence-corrected chi connectivity index (χ1v) is 4.27. The van der Waals surface area contributed by atoms with Crippen LogP contribution in [0.4, 0.5) is 0 Å². The molecule has 0 fully saturated rings. The molecular weight excluding hydrogens is 168 g/mol. The first kappa shape index (κ1) is 11.8. The molecule has 0 aliphatic carbocycles. The lowest BCUT2D eigenvalue weighted by molar-refractivity contribution is -0.121. The van der Waals surface area contributed by atoms with Crippen LogP contribution < -0.4 is 11.3 Å². The van der Waals surface area contributed by atoms with E-state index in [1.165, 1.54) is 6.92 Å². The van der Waals surface area contributed by atoms with Crippen molar-refractivity contribution < 1.29 is 9.59 Å². The van der Waals surface area contributed by atoms with E-state index in [2.05, 4.69) is 0 Å². The first-order valence-electron chi connectivity index (χ1n) is 4.27. The summed E-state index contributed by atoms with van der Waals surface area (Å²) in [6.45, 7) is 3.35. The quantitative estimate of drug-likeness (QED) is 0.285. The van der Waals surface area contributed by atoms with Gasteiger partial charge < -0.3 is 0 Å². The average Bonchev–Trinajstić information content (AvgIpc) is 2.11. The minimum atomic E-state index is -0.195. The summed E-state index contributed by atoms with van der Waals surface area (Å²) in [6.07, 6.45) is 3.44. The van der Waals surface area contributed by atoms with Crippen LogP contribution in [0.25, 0.3) is 0 Å². The van der Waals surface area contributed by atoms with Crippen molar-refractivity contribution in [3.63, 3.8) is 0 Å². The number of nitrogens with two attached hydrogens (primary N) is 1. The second-order valence-corrected chi connectivity index (χ2v) is 2.79. The Morgan fingerprint density at radius 1 is 1.38 bits per heavy atom. The highest BCUT2D eigenvalue weighted by atomic mass is 16.2. The fourth-order valence-corrected chi connectivity index (χ4v) is 1.04. The van der Waals surface area contributed by atoms with Crippen LogP contribution in [0.3, 0.4) is 0 Å². The molecule has 0 spiro atoms. The van der Waals surface area contributed by atoms with Crippen molar-refractivity contribution in [2.45, 2.75) is 33.1 Å². The molecule has 13 heavy (non-hydrogen) atoms. The van der Waals surface area contributed by atoms with Gasteiger partial charge in [0.2, 0.25) is 5.91 Å². The van der Waals surface area contributed by atoms with E-state index in [1.54, 1.807) is 6.08 Å². The number of rotatable bonds is 5. The van der Waals surface area contributed by atoms with Crippen molar-refractivity contribution in [1.29, 1.82) is 0 Å². The molecule has 0 atom stereocenters. The first-order chi connectivity index (χ1) is 6.11. The largest absolute Gasteiger partial charge is 0.295 e. The molecule has 3 N–H and O–H groups in total. The minimum Gasteiger partial charge on any atom is -0.295 e. The number of carbonyl (C=O) groups is 2. The molecule has 0 radical (unpaired) electrons. The second-order valence-electron chi connectivity index (χ2n) is 2.79. The number of hydrazine groups is 1. The van der Waals surface area contributed by atoms with Crippen LogP contribution >= 0.6 is 0 Å². The second kappa shape index (κ2) is 6.37. The van der Waals surface area contributed by atoms with Crippen LogP contribution in [0.5, 0.6) is 0 Å². The fraction of sp³-hybridized carbons (Fsp3) is 0.556. The van der Waals surface area contributed by atoms with Gasteiger partial charge in [-0.3, -0.25) is 15.0 Å². The Hall–Kier alpha value is -1.16. The molecule has 0 aliphatic heterocycles. The summed E-state index contributed by atoms with van der Waals surface area (Å²) in [5.74, 6) is 4.77. The highest BCUT2D eigenvalue weighted by molar-refractivity contribution is 5.93. The van der Waals surface area contributed by atoms with Crippen molar-refractivity contribution in [2.75, 3.05) is 0 Å². The van der Waals surface area contributed by atoms with E-state index in [0.29, 0.717) is 19.3 Å². The van der Waals surface area contributed by atoms with Crippen molar-refractivity contribution in [1.82, 2.24) is 5.43 Å². The maximum atomic E-state index is 10.9. The van der Waals surface area contributed by atoms with Crippen LogP contribution in [0.2, 0.25) is 0 Å². The third-order valence-electron chi connectivity index (χ3n) is 1.81. The Labute approximate surface area is 78.2 Å². The third kappa shape index (κ3) is 5.14. The molecular formula is C9H16N2O2. The Balaban J connectivity index is 3.75. The van der Waals surface area contributed by atoms with Crippen LogP contribution in [0.15, 0.2) is 11.6 Å². The summed E-state index contributed by atoms with van der Waals surface area (Å²) >= 11 is 0. The molecule has 0 bridgehead atoms. The molecule has 0 unspecified atom stereocenters. The molecule has 0 heterocycles. The predicted molar refractivity (Wildman–Crippen MR) is 50.6 cm³/mol. The summed E-state index contributed by atoms with van der Waals surface area (Å²) in [4.78, 5) is 21.6. The zero-order valence-corrected chi connectivity index (χ0v) is 8.09. The zero-order chi connectivity index (χ0) is 10.3. The van der Waals surface area contributed by atoms with Crippen LogP contribution in [0.1, 0.15) is 33.1 Å². The number of amides is 1. The average molecular weight is 184 g/mol. The standard InChI is InChI=1S/C9H16N2O2/c1-3-8(7(2)12)5-4-6-9(13)11-10/h3H,4-6,10H2,1-2H3,(H,11,13). The van der Waals surface area contributed by atoms with Gasteiger partial charge in [0.1, 0.15) is 0 Å². The number of Topliss-reactive ketones (excluding diaryl/α,β-unsaturated/α-hetero) is 1. The van der Waals surface area contributed by atoms with Crippen LogP contribution in [0, 0.1) is 0 Å². The molecule has 0 aromatic rings. The molecule has 4 heteroatoms. The van der Waals surface area contributed by atoms with E-state index < -0.39 is 0 Å². The van der Waals surface area contributed by atoms with Gasteiger partial charge in [-0.2, -0.15) is 0 Å². The summed E-state index contributed by atoms with van der Waals surface area (Å²) in [7, 11) is 0. The maximum Gasteiger partial charge on any atom is 0.233 e. The van der Waals surface area contributed by atoms with Crippen molar-refractivity contribution in [3.05, 3.63) is 11.6 Å². The van der Waals surface area contributed by atoms with Crippen LogP contribution in [-0.4, -0.2) is 11.7 Å². The fourth-order valence-electron chi connectivity index (χ4n) is 1.04. The SMILES string of the molecule is CC=C(CCCC(=O)NN)C(C)=O. The van der Waals surface area contributed by atoms with Gasteiger partial charge in [-0.25, -0.2) is 5.84 Å². The Morgan fingerprint density at radius 2 is 2.00 bits per heavy atom. The highest BCUT2D eigenvalue weighted by Crippen LogP contribution is 2.07. The minimum absolute atomic E-state index is 0.0654. The van der Waals surface area contributed by atoms with Crippen molar-refractivity contribution in [3.8, 4) is 0 Å². The molecule has 0 aliphatic rings. The lowest BCUT2D eigenvalue weighted by atomic mass is 10.1. The van der Waals surface area contributed by atoms with Gasteiger partial charge in [0.05, 0.1) is 0 Å². The van der Waals surface area contributed by atoms with E-state index in [4.69, 9.17) is 5.84 Å². The summed E-state index contributed by atoms with van der Waals surface area (Å²) < 4.78 is 0. The summed E-state index contributed by atoms with van der Waals surface area (Å²) in [5.41, 5.74) is 2.81. The van der Waals surface area contributed by atoms with E-state index in [0.717, 1.165) is 5.57 Å². The monoisotopic (exact) mass is 184 g/mol. The molecule has 0 saturated heterocycles. The van der Waals surface area contributed by atoms with Crippen molar-refractivity contribution in [2.24, 2.45) is 5.84 Å². The predicted octanol–water partition coefficient (Wildman–Crippen LogP) is 0.682. The van der Waals surface area contributed by atoms with Crippen molar-refractivity contribution >= 4 is 11.7 Å². The smallest absolute Gasteiger partial charge is 0.233 e. The van der Waals surface area contributed by atoms with Crippen LogP contribution in [-0.2, 0) is 9.59 Å². The van der Waals surface area contributed by atoms with Gasteiger partial charge in [0.15, 0.2) is 5.78 Å². The summed E-state index contributed by atoms with van der Waals surface area (Å²) in [5, 5.41) is 0. The summed E-state index contributed by atoms with van der Waals surface area (Å²) in [6, 6.07) is 0. The molecule has 0 saturated carbocycles. The van der Waals surface area contributed by atoms with Gasteiger partial charge in [-0.1, -0.05) is 6.08 Å². The third-order valence-corrected chi connectivity index (χ3v) is 1.81. The maximum absolute atomic E-state index is 10.9. The van der Waals surface area contributed by atoms with Gasteiger partial charge in [-0.15, -0.1) is 0 Å². The molecule has 74 valence electrons. The van der Waals surface area contributed by atoms with E-state index >= 15 is 0 Å². The van der Waals surface area contributed by atoms with Gasteiger partial charge >= 0.3 is 0 Å². The van der Waals surface area contributed by atoms with Gasteiger partial charge in [0.25, 0.3) is 0 Å². The van der Waals surface area contributed by atoms with E-state index in [1.807, 2.05) is 12.3 Å². The topological polar surface area (TPSA) is 72.2 Å². The lowest BCUT2D eigenvalue weighted by Crippen LogP contribution is -2.29. The molecule has 0 aromatic heterocycles. The number of hydrogen-bond donors (Lipinski definition) is 2. The molecule has 0 aromatic carbocycles. The number of hydrogen-bond acceptors (Lipinski definition) is 3. The number of ketones is 1. The van der Waals surface area contributed by atoms with E-state index in [-0.39, 0.29) is 11.7 Å². The Morgan fingerprint density at radius 3 is 2.38 bits per heavy atom. The molecule has 1 amide bonds. The van der Waals surface area contributed by atoms with Gasteiger partial charge in [0, 0.05) is 6.42 Å². The molecule has 0 rings (SSSR count). The lowest BCUT2D eigenvalue weighted by Gasteiger charge is -2.01. The Kier molecular flexibility index (Phi) is 5.80. The highest BCUT2D eigenvalue weighted by Gasteiger charge is 2.03. The number of carbonyl (C=O) groups excluding carboxylic acids is 2.